The van der Waals surface area contributed by atoms with E-state index in [2.05, 4.69) is 11.0 Å². The van der Waals surface area contributed by atoms with Gasteiger partial charge in [0, 0.05) is 19.6 Å². The molecule has 1 saturated heterocycles. The van der Waals surface area contributed by atoms with E-state index in [1.165, 1.54) is 13.2 Å². The van der Waals surface area contributed by atoms with Crippen LogP contribution in [0.5, 0.6) is 5.75 Å². The normalized spacial score (nSPS) is 18.6. The number of nitrogens with zero attached hydrogens (tertiary/aromatic N) is 1. The smallest absolute Gasteiger partial charge is 0.340 e. The van der Waals surface area contributed by atoms with E-state index in [0.717, 1.165) is 61.3 Å². The van der Waals surface area contributed by atoms with Crippen LogP contribution in [0.4, 0.5) is 8.78 Å². The van der Waals surface area contributed by atoms with Gasteiger partial charge >= 0.3 is 5.97 Å². The van der Waals surface area contributed by atoms with Crippen molar-refractivity contribution < 1.29 is 23.0 Å². The van der Waals surface area contributed by atoms with Crippen LogP contribution >= 0.6 is 0 Å². The summed E-state index contributed by atoms with van der Waals surface area (Å²) >= 11 is 0. The predicted octanol–water partition coefficient (Wildman–Crippen LogP) is 5.19. The van der Waals surface area contributed by atoms with Crippen LogP contribution in [-0.2, 0) is 11.2 Å². The van der Waals surface area contributed by atoms with Crippen molar-refractivity contribution in [2.45, 2.75) is 38.2 Å². The minimum absolute atomic E-state index is 0.0200. The number of esters is 1. The van der Waals surface area contributed by atoms with E-state index in [0.29, 0.717) is 18.4 Å². The summed E-state index contributed by atoms with van der Waals surface area (Å²) in [5.74, 6) is -0.342. The zero-order valence-corrected chi connectivity index (χ0v) is 18.4. The standard InChI is InChI=1S/C26H29F2NO3/c1-31-26(30)24-12-11-22-21(5-2-3-6-23(22)25(24)28)18-7-9-19(10-8-18)32-20-13-16-29(17-20)15-4-14-27/h5,7-12,20H,2-4,6,13-17H2,1H3/t20-/m0/s1. The SMILES string of the molecule is COC(=O)c1ccc2c(c1F)CCCC=C2c1ccc(O[C@H]2CCN(CCCF)C2)cc1. The zero-order chi connectivity index (χ0) is 22.5. The molecule has 0 aromatic heterocycles. The number of carbonyl (C=O) groups excluding carboxylic acids is 1. The third kappa shape index (κ3) is 4.85. The van der Waals surface area contributed by atoms with Gasteiger partial charge in [-0.2, -0.15) is 0 Å². The second kappa shape index (κ2) is 10.3. The average molecular weight is 442 g/mol. The molecule has 0 radical (unpaired) electrons. The van der Waals surface area contributed by atoms with Crippen molar-refractivity contribution in [3.05, 3.63) is 70.5 Å². The molecule has 170 valence electrons. The van der Waals surface area contributed by atoms with Crippen molar-refractivity contribution in [2.24, 2.45) is 0 Å². The van der Waals surface area contributed by atoms with E-state index in [-0.39, 0.29) is 18.3 Å². The Hall–Kier alpha value is -2.73. The Bertz CT molecular complexity index is 987. The summed E-state index contributed by atoms with van der Waals surface area (Å²) in [5.41, 5.74) is 3.32. The molecule has 2 aromatic carbocycles. The van der Waals surface area contributed by atoms with Crippen molar-refractivity contribution in [1.29, 1.82) is 0 Å². The number of alkyl halides is 1. The summed E-state index contributed by atoms with van der Waals surface area (Å²) in [4.78, 5) is 14.1. The number of ether oxygens (including phenoxy) is 2. The molecule has 0 amide bonds. The van der Waals surface area contributed by atoms with Gasteiger partial charge in [-0.25, -0.2) is 9.18 Å². The van der Waals surface area contributed by atoms with Crippen LogP contribution in [0.3, 0.4) is 0 Å². The second-order valence-electron chi connectivity index (χ2n) is 8.35. The maximum atomic E-state index is 15.1. The topological polar surface area (TPSA) is 38.8 Å². The third-order valence-corrected chi connectivity index (χ3v) is 6.22. The minimum Gasteiger partial charge on any atom is -0.489 e. The van der Waals surface area contributed by atoms with Crippen LogP contribution in [0.1, 0.15) is 52.7 Å². The second-order valence-corrected chi connectivity index (χ2v) is 8.35. The molecular formula is C26H29F2NO3. The Morgan fingerprint density at radius 2 is 2.00 bits per heavy atom. The van der Waals surface area contributed by atoms with Crippen molar-refractivity contribution >= 4 is 11.5 Å². The summed E-state index contributed by atoms with van der Waals surface area (Å²) in [5, 5.41) is 0. The molecule has 1 fully saturated rings. The van der Waals surface area contributed by atoms with E-state index in [9.17, 15) is 9.18 Å². The number of methoxy groups -OCH3 is 1. The summed E-state index contributed by atoms with van der Waals surface area (Å²) in [7, 11) is 1.26. The molecule has 0 bridgehead atoms. The molecule has 1 aliphatic carbocycles. The lowest BCUT2D eigenvalue weighted by atomic mass is 9.92. The van der Waals surface area contributed by atoms with Gasteiger partial charge in [-0.1, -0.05) is 24.3 Å². The number of carbonyl (C=O) groups is 1. The molecule has 0 saturated carbocycles. The number of hydrogen-bond acceptors (Lipinski definition) is 4. The maximum Gasteiger partial charge on any atom is 0.340 e. The molecular weight excluding hydrogens is 412 g/mol. The van der Waals surface area contributed by atoms with Gasteiger partial charge in [0.2, 0.25) is 0 Å². The molecule has 4 nitrogen and oxygen atoms in total. The van der Waals surface area contributed by atoms with Crippen LogP contribution in [-0.4, -0.2) is 50.4 Å². The number of halogens is 2. The molecule has 0 unspecified atom stereocenters. The fraction of sp³-hybridized carbons (Fsp3) is 0.423. The fourth-order valence-corrected chi connectivity index (χ4v) is 4.58. The summed E-state index contributed by atoms with van der Waals surface area (Å²) in [6.07, 6.45) is 6.00. The lowest BCUT2D eigenvalue weighted by molar-refractivity contribution is 0.0595. The summed E-state index contributed by atoms with van der Waals surface area (Å²) in [6, 6.07) is 11.2. The van der Waals surface area contributed by atoms with E-state index in [1.54, 1.807) is 0 Å². The van der Waals surface area contributed by atoms with E-state index in [1.807, 2.05) is 30.3 Å². The summed E-state index contributed by atoms with van der Waals surface area (Å²) in [6.45, 7) is 2.25. The quantitative estimate of drug-likeness (QED) is 0.554. The van der Waals surface area contributed by atoms with Gasteiger partial charge in [0.05, 0.1) is 19.3 Å². The first kappa shape index (κ1) is 22.5. The number of benzene rings is 2. The number of likely N-dealkylation sites (tertiary alicyclic amines) is 1. The molecule has 1 heterocycles. The fourth-order valence-electron chi connectivity index (χ4n) is 4.58. The Balaban J connectivity index is 1.51. The zero-order valence-electron chi connectivity index (χ0n) is 18.4. The van der Waals surface area contributed by atoms with E-state index in [4.69, 9.17) is 9.47 Å². The van der Waals surface area contributed by atoms with Crippen molar-refractivity contribution in [2.75, 3.05) is 33.4 Å². The number of hydrogen-bond donors (Lipinski definition) is 0. The van der Waals surface area contributed by atoms with Crippen LogP contribution in [0.15, 0.2) is 42.5 Å². The van der Waals surface area contributed by atoms with Crippen LogP contribution < -0.4 is 4.74 Å². The largest absolute Gasteiger partial charge is 0.489 e. The number of allylic oxidation sites excluding steroid dienone is 1. The first-order chi connectivity index (χ1) is 15.6. The summed E-state index contributed by atoms with van der Waals surface area (Å²) < 4.78 is 38.3. The van der Waals surface area contributed by atoms with Gasteiger partial charge in [-0.15, -0.1) is 0 Å². The lowest BCUT2D eigenvalue weighted by Gasteiger charge is -2.17. The number of rotatable bonds is 7. The average Bonchev–Trinajstić information content (AvgIpc) is 3.14. The van der Waals surface area contributed by atoms with Crippen molar-refractivity contribution in [3.8, 4) is 5.75 Å². The molecule has 2 aromatic rings. The highest BCUT2D eigenvalue weighted by molar-refractivity contribution is 5.91. The van der Waals surface area contributed by atoms with Crippen molar-refractivity contribution in [3.63, 3.8) is 0 Å². The Labute approximate surface area is 187 Å². The van der Waals surface area contributed by atoms with Crippen LogP contribution in [0.25, 0.3) is 5.57 Å². The molecule has 2 aliphatic rings. The Morgan fingerprint density at radius 1 is 1.19 bits per heavy atom. The van der Waals surface area contributed by atoms with Gasteiger partial charge in [-0.05, 0) is 72.6 Å². The van der Waals surface area contributed by atoms with Gasteiger partial charge < -0.3 is 9.47 Å². The Morgan fingerprint density at radius 3 is 2.75 bits per heavy atom. The highest BCUT2D eigenvalue weighted by Crippen LogP contribution is 2.34. The van der Waals surface area contributed by atoms with Gasteiger partial charge in [0.1, 0.15) is 17.7 Å². The highest BCUT2D eigenvalue weighted by atomic mass is 19.1. The maximum absolute atomic E-state index is 15.1. The number of fused-ring (bicyclic) bond motifs is 1. The monoisotopic (exact) mass is 441 g/mol. The lowest BCUT2D eigenvalue weighted by Crippen LogP contribution is -2.26. The first-order valence-corrected chi connectivity index (χ1v) is 11.3. The molecule has 4 rings (SSSR count). The first-order valence-electron chi connectivity index (χ1n) is 11.3. The molecule has 6 heteroatoms. The van der Waals surface area contributed by atoms with E-state index < -0.39 is 11.8 Å². The predicted molar refractivity (Wildman–Crippen MR) is 120 cm³/mol. The third-order valence-electron chi connectivity index (χ3n) is 6.22. The molecule has 1 aliphatic heterocycles. The van der Waals surface area contributed by atoms with Gasteiger partial charge in [0.15, 0.2) is 0 Å². The highest BCUT2D eigenvalue weighted by Gasteiger charge is 2.24. The van der Waals surface area contributed by atoms with Crippen LogP contribution in [0, 0.1) is 5.82 Å². The molecule has 0 spiro atoms. The molecule has 32 heavy (non-hydrogen) atoms. The molecule has 0 N–H and O–H groups in total. The van der Waals surface area contributed by atoms with Gasteiger partial charge in [-0.3, -0.25) is 9.29 Å². The minimum atomic E-state index is -0.656. The molecule has 1 atom stereocenters. The van der Waals surface area contributed by atoms with E-state index >= 15 is 4.39 Å². The van der Waals surface area contributed by atoms with Gasteiger partial charge in [0.25, 0.3) is 0 Å². The van der Waals surface area contributed by atoms with Crippen LogP contribution in [0.2, 0.25) is 0 Å². The van der Waals surface area contributed by atoms with Crippen molar-refractivity contribution in [1.82, 2.24) is 4.90 Å². The Kier molecular flexibility index (Phi) is 7.20.